The molecule has 0 spiro atoms. The fourth-order valence-corrected chi connectivity index (χ4v) is 2.25. The van der Waals surface area contributed by atoms with Crippen LogP contribution >= 0.6 is 11.3 Å². The summed E-state index contributed by atoms with van der Waals surface area (Å²) >= 11 is 1.42. The molecule has 1 aromatic heterocycles. The summed E-state index contributed by atoms with van der Waals surface area (Å²) in [7, 11) is 1.35. The third kappa shape index (κ3) is 5.44. The number of ether oxygens (including phenoxy) is 2. The lowest BCUT2D eigenvalue weighted by atomic mass is 10.2. The highest BCUT2D eigenvalue weighted by atomic mass is 32.1. The molecular weight excluding hydrogens is 331 g/mol. The van der Waals surface area contributed by atoms with Gasteiger partial charge in [-0.1, -0.05) is 0 Å². The van der Waals surface area contributed by atoms with Crippen LogP contribution in [0.3, 0.4) is 0 Å². The Kier molecular flexibility index (Phi) is 5.43. The minimum absolute atomic E-state index is 0.0190. The van der Waals surface area contributed by atoms with Crippen LogP contribution in [0.2, 0.25) is 0 Å². The average molecular weight is 345 g/mol. The number of alkyl halides is 3. The lowest BCUT2D eigenvalue weighted by molar-refractivity contribution is -0.153. The van der Waals surface area contributed by atoms with Gasteiger partial charge in [0.25, 0.3) is 0 Å². The number of thiazole rings is 1. The van der Waals surface area contributed by atoms with Crippen LogP contribution in [0.15, 0.2) is 28.7 Å². The van der Waals surface area contributed by atoms with Crippen molar-refractivity contribution in [2.24, 2.45) is 5.10 Å². The third-order valence-electron chi connectivity index (χ3n) is 2.57. The summed E-state index contributed by atoms with van der Waals surface area (Å²) in [6.07, 6.45) is -2.90. The molecule has 0 aliphatic rings. The zero-order valence-electron chi connectivity index (χ0n) is 12.3. The van der Waals surface area contributed by atoms with E-state index in [1.807, 2.05) is 12.3 Å². The molecule has 0 unspecified atom stereocenters. The van der Waals surface area contributed by atoms with E-state index in [0.717, 1.165) is 5.69 Å². The molecule has 9 heteroatoms. The van der Waals surface area contributed by atoms with Crippen LogP contribution in [-0.2, 0) is 0 Å². The molecule has 1 aromatic carbocycles. The van der Waals surface area contributed by atoms with Gasteiger partial charge in [0.1, 0.15) is 0 Å². The van der Waals surface area contributed by atoms with Crippen molar-refractivity contribution >= 4 is 22.7 Å². The lowest BCUT2D eigenvalue weighted by Crippen LogP contribution is -2.19. The van der Waals surface area contributed by atoms with Crippen LogP contribution in [0.1, 0.15) is 11.3 Å². The summed E-state index contributed by atoms with van der Waals surface area (Å²) in [4.78, 5) is 4.18. The number of methoxy groups -OCH3 is 1. The predicted molar refractivity (Wildman–Crippen MR) is 82.6 cm³/mol. The Hall–Kier alpha value is -2.29. The Morgan fingerprint density at radius 1 is 1.35 bits per heavy atom. The van der Waals surface area contributed by atoms with E-state index in [1.165, 1.54) is 36.8 Å². The minimum atomic E-state index is -4.40. The van der Waals surface area contributed by atoms with Gasteiger partial charge in [0, 0.05) is 5.38 Å². The Bertz CT molecular complexity index is 686. The van der Waals surface area contributed by atoms with E-state index in [0.29, 0.717) is 10.7 Å². The molecule has 0 bridgehead atoms. The Morgan fingerprint density at radius 2 is 2.13 bits per heavy atom. The number of rotatable bonds is 6. The highest BCUT2D eigenvalue weighted by Crippen LogP contribution is 2.29. The average Bonchev–Trinajstić information content (AvgIpc) is 2.90. The van der Waals surface area contributed by atoms with Crippen LogP contribution in [0, 0.1) is 6.92 Å². The van der Waals surface area contributed by atoms with Crippen molar-refractivity contribution in [1.29, 1.82) is 0 Å². The van der Waals surface area contributed by atoms with Gasteiger partial charge in [-0.2, -0.15) is 18.3 Å². The maximum absolute atomic E-state index is 12.2. The molecule has 1 heterocycles. The maximum Gasteiger partial charge on any atom is 0.422 e. The first-order valence-corrected chi connectivity index (χ1v) is 7.34. The minimum Gasteiger partial charge on any atom is -0.493 e. The monoisotopic (exact) mass is 345 g/mol. The van der Waals surface area contributed by atoms with E-state index in [-0.39, 0.29) is 11.5 Å². The number of hydrogen-bond acceptors (Lipinski definition) is 6. The van der Waals surface area contributed by atoms with Gasteiger partial charge in [0.2, 0.25) is 5.13 Å². The van der Waals surface area contributed by atoms with Crippen molar-refractivity contribution in [3.05, 3.63) is 34.8 Å². The zero-order chi connectivity index (χ0) is 16.9. The van der Waals surface area contributed by atoms with Crippen LogP contribution < -0.4 is 14.9 Å². The molecule has 124 valence electrons. The van der Waals surface area contributed by atoms with Crippen LogP contribution in [-0.4, -0.2) is 31.1 Å². The van der Waals surface area contributed by atoms with Gasteiger partial charge >= 0.3 is 6.18 Å². The van der Waals surface area contributed by atoms with Crippen molar-refractivity contribution in [1.82, 2.24) is 4.98 Å². The number of hydrogen-bond donors (Lipinski definition) is 1. The molecule has 0 aliphatic carbocycles. The number of aromatic nitrogens is 1. The predicted octanol–water partition coefficient (Wildman–Crippen LogP) is 3.85. The third-order valence-corrected chi connectivity index (χ3v) is 3.44. The first kappa shape index (κ1) is 17.1. The van der Waals surface area contributed by atoms with Crippen LogP contribution in [0.4, 0.5) is 18.3 Å². The largest absolute Gasteiger partial charge is 0.493 e. The SMILES string of the molecule is COc1cc(C=NNc2nc(C)cs2)ccc1OCC(F)(F)F. The van der Waals surface area contributed by atoms with Crippen molar-refractivity contribution in [3.63, 3.8) is 0 Å². The number of hydrazone groups is 1. The van der Waals surface area contributed by atoms with Gasteiger partial charge in [0.05, 0.1) is 19.0 Å². The molecule has 0 aliphatic heterocycles. The number of benzene rings is 1. The molecule has 0 fully saturated rings. The fraction of sp³-hybridized carbons (Fsp3) is 0.286. The molecule has 5 nitrogen and oxygen atoms in total. The summed E-state index contributed by atoms with van der Waals surface area (Å²) in [6.45, 7) is 0.498. The summed E-state index contributed by atoms with van der Waals surface area (Å²) < 4.78 is 46.3. The Balaban J connectivity index is 2.03. The van der Waals surface area contributed by atoms with Crippen molar-refractivity contribution < 1.29 is 22.6 Å². The second-order valence-corrected chi connectivity index (χ2v) is 5.34. The summed E-state index contributed by atoms with van der Waals surface area (Å²) in [5.74, 6) is 0.216. The highest BCUT2D eigenvalue weighted by molar-refractivity contribution is 7.13. The Morgan fingerprint density at radius 3 is 2.74 bits per heavy atom. The van der Waals surface area contributed by atoms with E-state index < -0.39 is 12.8 Å². The van der Waals surface area contributed by atoms with E-state index >= 15 is 0 Å². The number of nitrogens with zero attached hydrogens (tertiary/aromatic N) is 2. The van der Waals surface area contributed by atoms with Crippen LogP contribution in [0.25, 0.3) is 0 Å². The first-order chi connectivity index (χ1) is 10.9. The molecule has 2 rings (SSSR count). The molecule has 23 heavy (non-hydrogen) atoms. The second kappa shape index (κ2) is 7.32. The van der Waals surface area contributed by atoms with Crippen LogP contribution in [0.5, 0.6) is 11.5 Å². The zero-order valence-corrected chi connectivity index (χ0v) is 13.2. The number of nitrogens with one attached hydrogen (secondary N) is 1. The molecule has 0 amide bonds. The summed E-state index contributed by atoms with van der Waals surface area (Å²) in [6, 6.07) is 4.51. The van der Waals surface area contributed by atoms with Gasteiger partial charge in [-0.3, -0.25) is 5.43 Å². The van der Waals surface area contributed by atoms with Gasteiger partial charge in [-0.25, -0.2) is 4.98 Å². The van der Waals surface area contributed by atoms with Crippen molar-refractivity contribution in [3.8, 4) is 11.5 Å². The van der Waals surface area contributed by atoms with E-state index in [2.05, 4.69) is 15.5 Å². The first-order valence-electron chi connectivity index (χ1n) is 6.46. The van der Waals surface area contributed by atoms with Crippen molar-refractivity contribution in [2.45, 2.75) is 13.1 Å². The molecule has 0 atom stereocenters. The quantitative estimate of drug-likeness (QED) is 0.638. The molecule has 0 saturated heterocycles. The highest BCUT2D eigenvalue weighted by Gasteiger charge is 2.28. The molecule has 2 aromatic rings. The van der Waals surface area contributed by atoms with E-state index in [1.54, 1.807) is 6.07 Å². The van der Waals surface area contributed by atoms with E-state index in [4.69, 9.17) is 9.47 Å². The second-order valence-electron chi connectivity index (χ2n) is 4.48. The van der Waals surface area contributed by atoms with Gasteiger partial charge in [0.15, 0.2) is 18.1 Å². The topological polar surface area (TPSA) is 55.7 Å². The molecule has 1 N–H and O–H groups in total. The smallest absolute Gasteiger partial charge is 0.422 e. The summed E-state index contributed by atoms with van der Waals surface area (Å²) in [5, 5.41) is 6.54. The number of halogens is 3. The Labute approximate surface area is 134 Å². The van der Waals surface area contributed by atoms with Gasteiger partial charge < -0.3 is 9.47 Å². The summed E-state index contributed by atoms with van der Waals surface area (Å²) in [5.41, 5.74) is 4.30. The number of aryl methyl sites for hydroxylation is 1. The van der Waals surface area contributed by atoms with E-state index in [9.17, 15) is 13.2 Å². The van der Waals surface area contributed by atoms with Gasteiger partial charge in [-0.05, 0) is 30.7 Å². The fourth-order valence-electron chi connectivity index (χ4n) is 1.61. The van der Waals surface area contributed by atoms with Crippen molar-refractivity contribution in [2.75, 3.05) is 19.1 Å². The van der Waals surface area contributed by atoms with Gasteiger partial charge in [-0.15, -0.1) is 11.3 Å². The normalized spacial score (nSPS) is 11.7. The molecule has 0 radical (unpaired) electrons. The molecule has 0 saturated carbocycles. The number of anilines is 1. The molecular formula is C14H14F3N3O2S. The lowest BCUT2D eigenvalue weighted by Gasteiger charge is -2.12. The standard InChI is InChI=1S/C14H14F3N3O2S/c1-9-7-23-13(19-9)20-18-6-10-3-4-11(12(5-10)21-2)22-8-14(15,16)17/h3-7H,8H2,1-2H3,(H,19,20). The maximum atomic E-state index is 12.2.